The van der Waals surface area contributed by atoms with Crippen LogP contribution in [-0.4, -0.2) is 28.0 Å². The molecule has 0 spiro atoms. The van der Waals surface area contributed by atoms with Gasteiger partial charge in [0.25, 0.3) is 5.91 Å². The molecule has 0 radical (unpaired) electrons. The first-order valence-electron chi connectivity index (χ1n) is 4.13. The van der Waals surface area contributed by atoms with E-state index < -0.39 is 16.0 Å². The third-order valence-electron chi connectivity index (χ3n) is 1.62. The Hall–Kier alpha value is -1.36. The molecule has 0 unspecified atom stereocenters. The molecule has 0 aliphatic carbocycles. The predicted octanol–water partition coefficient (Wildman–Crippen LogP) is 0.446. The largest absolute Gasteiger partial charge is 0.340 e. The number of hydrogen-bond acceptors (Lipinski definition) is 5. The van der Waals surface area contributed by atoms with E-state index in [4.69, 9.17) is 6.42 Å². The summed E-state index contributed by atoms with van der Waals surface area (Å²) in [5, 5.41) is 2.43. The summed E-state index contributed by atoms with van der Waals surface area (Å²) < 4.78 is 26.9. The fourth-order valence-corrected chi connectivity index (χ4v) is 2.81. The van der Waals surface area contributed by atoms with Gasteiger partial charge < -0.3 is 5.32 Å². The number of thiophene rings is 1. The van der Waals surface area contributed by atoms with E-state index in [2.05, 4.69) is 15.4 Å². The molecule has 0 aliphatic rings. The van der Waals surface area contributed by atoms with Gasteiger partial charge in [-0.3, -0.25) is 8.98 Å². The van der Waals surface area contributed by atoms with Gasteiger partial charge in [-0.25, -0.2) is 0 Å². The Morgan fingerprint density at radius 2 is 2.31 bits per heavy atom. The van der Waals surface area contributed by atoms with Gasteiger partial charge in [0.05, 0.1) is 18.5 Å². The second-order valence-electron chi connectivity index (χ2n) is 2.63. The van der Waals surface area contributed by atoms with Gasteiger partial charge in [-0.2, -0.15) is 8.42 Å². The Balaban J connectivity index is 2.88. The van der Waals surface area contributed by atoms with Crippen molar-refractivity contribution >= 4 is 27.4 Å². The lowest BCUT2D eigenvalue weighted by Crippen LogP contribution is -2.22. The molecule has 1 aromatic rings. The van der Waals surface area contributed by atoms with Crippen molar-refractivity contribution in [1.29, 1.82) is 0 Å². The van der Waals surface area contributed by atoms with Crippen LogP contribution in [0, 0.1) is 12.3 Å². The smallest absolute Gasteiger partial charge is 0.306 e. The standard InChI is InChI=1S/C9H9NO4S2/c1-3-6-10-9(11)7-4-5-8(15-7)16(12,13)14-2/h1,4-5H,6H2,2H3,(H,10,11). The first kappa shape index (κ1) is 12.7. The normalized spacial score (nSPS) is 10.8. The van der Waals surface area contributed by atoms with Crippen molar-refractivity contribution in [2.45, 2.75) is 4.21 Å². The van der Waals surface area contributed by atoms with E-state index in [1.54, 1.807) is 0 Å². The lowest BCUT2D eigenvalue weighted by Gasteiger charge is -1.97. The van der Waals surface area contributed by atoms with E-state index in [-0.39, 0.29) is 15.6 Å². The zero-order chi connectivity index (χ0) is 12.2. The molecule has 0 saturated heterocycles. The second kappa shape index (κ2) is 5.12. The average molecular weight is 259 g/mol. The van der Waals surface area contributed by atoms with Crippen molar-refractivity contribution in [1.82, 2.24) is 5.32 Å². The van der Waals surface area contributed by atoms with E-state index in [0.717, 1.165) is 18.4 Å². The van der Waals surface area contributed by atoms with Crippen LogP contribution in [0.5, 0.6) is 0 Å². The zero-order valence-corrected chi connectivity index (χ0v) is 10.0. The number of rotatable bonds is 4. The van der Waals surface area contributed by atoms with Crippen molar-refractivity contribution in [2.24, 2.45) is 0 Å². The molecule has 0 bridgehead atoms. The molecule has 1 amide bonds. The molecule has 0 atom stereocenters. The highest BCUT2D eigenvalue weighted by atomic mass is 32.3. The molecule has 1 aromatic heterocycles. The number of carbonyl (C=O) groups is 1. The van der Waals surface area contributed by atoms with Crippen molar-refractivity contribution < 1.29 is 17.4 Å². The summed E-state index contributed by atoms with van der Waals surface area (Å²) in [5.41, 5.74) is 0. The van der Waals surface area contributed by atoms with Crippen molar-refractivity contribution in [3.05, 3.63) is 17.0 Å². The highest BCUT2D eigenvalue weighted by Crippen LogP contribution is 2.22. The molecule has 0 fully saturated rings. The highest BCUT2D eigenvalue weighted by molar-refractivity contribution is 7.89. The van der Waals surface area contributed by atoms with Crippen LogP contribution in [0.1, 0.15) is 9.67 Å². The summed E-state index contributed by atoms with van der Waals surface area (Å²) in [5.74, 6) is 1.84. The molecule has 1 rings (SSSR count). The SMILES string of the molecule is C#CCNC(=O)c1ccc(S(=O)(=O)OC)s1. The van der Waals surface area contributed by atoms with Crippen molar-refractivity contribution in [3.63, 3.8) is 0 Å². The molecule has 1 N–H and O–H groups in total. The summed E-state index contributed by atoms with van der Waals surface area (Å²) in [7, 11) is -2.67. The van der Waals surface area contributed by atoms with Crippen LogP contribution < -0.4 is 5.32 Å². The molecule has 5 nitrogen and oxygen atoms in total. The minimum absolute atomic E-state index is 0.0131. The molecule has 0 saturated carbocycles. The van der Waals surface area contributed by atoms with Crippen LogP contribution in [0.15, 0.2) is 16.3 Å². The first-order chi connectivity index (χ1) is 7.51. The second-order valence-corrected chi connectivity index (χ2v) is 5.65. The molecular weight excluding hydrogens is 250 g/mol. The van der Waals surface area contributed by atoms with Gasteiger partial charge in [-0.15, -0.1) is 17.8 Å². The number of terminal acetylenes is 1. The van der Waals surface area contributed by atoms with Gasteiger partial charge >= 0.3 is 10.1 Å². The van der Waals surface area contributed by atoms with E-state index in [0.29, 0.717) is 0 Å². The van der Waals surface area contributed by atoms with Crippen LogP contribution in [0.2, 0.25) is 0 Å². The maximum Gasteiger partial charge on any atom is 0.306 e. The van der Waals surface area contributed by atoms with Gasteiger partial charge in [-0.05, 0) is 12.1 Å². The lowest BCUT2D eigenvalue weighted by molar-refractivity contribution is 0.0962. The number of hydrogen-bond donors (Lipinski definition) is 1. The summed E-state index contributed by atoms with van der Waals surface area (Å²) >= 11 is 0.829. The van der Waals surface area contributed by atoms with E-state index in [9.17, 15) is 13.2 Å². The maximum absolute atomic E-state index is 11.4. The Kier molecular flexibility index (Phi) is 4.06. The topological polar surface area (TPSA) is 72.5 Å². The Morgan fingerprint density at radius 3 is 2.88 bits per heavy atom. The fraction of sp³-hybridized carbons (Fsp3) is 0.222. The van der Waals surface area contributed by atoms with Crippen molar-refractivity contribution in [2.75, 3.05) is 13.7 Å². The van der Waals surface area contributed by atoms with Gasteiger partial charge in [-0.1, -0.05) is 5.92 Å². The number of carbonyl (C=O) groups excluding carboxylic acids is 1. The molecular formula is C9H9NO4S2. The van der Waals surface area contributed by atoms with Crippen LogP contribution in [-0.2, 0) is 14.3 Å². The van der Waals surface area contributed by atoms with Gasteiger partial charge in [0.1, 0.15) is 4.21 Å². The molecule has 16 heavy (non-hydrogen) atoms. The van der Waals surface area contributed by atoms with Crippen LogP contribution >= 0.6 is 11.3 Å². The molecule has 1 heterocycles. The molecule has 0 aromatic carbocycles. The van der Waals surface area contributed by atoms with Crippen molar-refractivity contribution in [3.8, 4) is 12.3 Å². The third-order valence-corrected chi connectivity index (χ3v) is 4.43. The fourth-order valence-electron chi connectivity index (χ4n) is 0.877. The third kappa shape index (κ3) is 2.82. The van der Waals surface area contributed by atoms with E-state index >= 15 is 0 Å². The monoisotopic (exact) mass is 259 g/mol. The predicted molar refractivity (Wildman–Crippen MR) is 59.7 cm³/mol. The maximum atomic E-state index is 11.4. The van der Waals surface area contributed by atoms with Gasteiger partial charge in [0.15, 0.2) is 0 Å². The van der Waals surface area contributed by atoms with Gasteiger partial charge in [0.2, 0.25) is 0 Å². The quantitative estimate of drug-likeness (QED) is 0.629. The minimum Gasteiger partial charge on any atom is -0.340 e. The van der Waals surface area contributed by atoms with Crippen LogP contribution in [0.25, 0.3) is 0 Å². The van der Waals surface area contributed by atoms with Crippen LogP contribution in [0.3, 0.4) is 0 Å². The first-order valence-corrected chi connectivity index (χ1v) is 6.36. The van der Waals surface area contributed by atoms with Crippen LogP contribution in [0.4, 0.5) is 0 Å². The average Bonchev–Trinajstić information content (AvgIpc) is 2.75. The summed E-state index contributed by atoms with van der Waals surface area (Å²) in [4.78, 5) is 11.7. The number of nitrogens with one attached hydrogen (secondary N) is 1. The summed E-state index contributed by atoms with van der Waals surface area (Å²) in [6, 6.07) is 2.72. The molecule has 7 heteroatoms. The minimum atomic E-state index is -3.73. The summed E-state index contributed by atoms with van der Waals surface area (Å²) in [6.45, 7) is 0.100. The van der Waals surface area contributed by atoms with E-state index in [1.807, 2.05) is 0 Å². The summed E-state index contributed by atoms with van der Waals surface area (Å²) in [6.07, 6.45) is 4.97. The Morgan fingerprint density at radius 1 is 1.62 bits per heavy atom. The highest BCUT2D eigenvalue weighted by Gasteiger charge is 2.18. The Labute approximate surface area is 97.6 Å². The molecule has 0 aliphatic heterocycles. The van der Waals surface area contributed by atoms with E-state index in [1.165, 1.54) is 12.1 Å². The lowest BCUT2D eigenvalue weighted by atomic mass is 10.4. The zero-order valence-electron chi connectivity index (χ0n) is 8.39. The Bertz CT molecular complexity index is 524. The number of amides is 1. The van der Waals surface area contributed by atoms with Gasteiger partial charge in [0, 0.05) is 0 Å². The molecule has 86 valence electrons.